The summed E-state index contributed by atoms with van der Waals surface area (Å²) in [6.07, 6.45) is 3.28. The molecule has 0 aliphatic heterocycles. The largest absolute Gasteiger partial charge is 0.480 e. The molecule has 10 heteroatoms. The Kier molecular flexibility index (Phi) is 6.96. The molecule has 2 aromatic heterocycles. The van der Waals surface area contributed by atoms with Crippen molar-refractivity contribution in [2.24, 2.45) is 0 Å². The van der Waals surface area contributed by atoms with E-state index >= 15 is 0 Å². The lowest BCUT2D eigenvalue weighted by atomic mass is 9.94. The van der Waals surface area contributed by atoms with E-state index in [0.29, 0.717) is 43.5 Å². The van der Waals surface area contributed by atoms with Crippen LogP contribution in [0, 0.1) is 11.3 Å². The highest BCUT2D eigenvalue weighted by Crippen LogP contribution is 2.35. The zero-order chi connectivity index (χ0) is 27.0. The molecule has 3 aromatic carbocycles. The van der Waals surface area contributed by atoms with Gasteiger partial charge in [-0.25, -0.2) is 4.79 Å². The Morgan fingerprint density at radius 2 is 1.82 bits per heavy atom. The maximum Gasteiger partial charge on any atom is 0.326 e. The first-order valence-electron chi connectivity index (χ1n) is 11.3. The fourth-order valence-electron chi connectivity index (χ4n) is 4.42. The SMILES string of the molecule is N#Cc1ccc(-c2ccc(C[C@H](NC(=O)c3c(Cl)cc4[nH]ccc4c3Cl)C(=O)O)c3cccnc23)c(Cl)c1. The number of aliphatic carboxylic acids is 1. The van der Waals surface area contributed by atoms with Crippen LogP contribution in [-0.2, 0) is 11.2 Å². The number of hydrogen-bond donors (Lipinski definition) is 3. The van der Waals surface area contributed by atoms with Crippen LogP contribution in [0.25, 0.3) is 32.9 Å². The van der Waals surface area contributed by atoms with Crippen LogP contribution in [-0.4, -0.2) is 33.0 Å². The monoisotopic (exact) mass is 562 g/mol. The number of nitrogens with one attached hydrogen (secondary N) is 2. The van der Waals surface area contributed by atoms with Crippen molar-refractivity contribution in [3.05, 3.63) is 98.7 Å². The van der Waals surface area contributed by atoms with Crippen LogP contribution in [0.15, 0.2) is 67.0 Å². The minimum absolute atomic E-state index is 0.00372. The number of hydrogen-bond acceptors (Lipinski definition) is 4. The van der Waals surface area contributed by atoms with E-state index in [9.17, 15) is 14.7 Å². The smallest absolute Gasteiger partial charge is 0.326 e. The Hall–Kier alpha value is -4.09. The molecule has 0 aliphatic carbocycles. The number of carbonyl (C=O) groups excluding carboxylic acids is 1. The zero-order valence-corrected chi connectivity index (χ0v) is 21.7. The van der Waals surface area contributed by atoms with E-state index in [1.165, 1.54) is 0 Å². The number of pyridine rings is 1. The highest BCUT2D eigenvalue weighted by molar-refractivity contribution is 6.43. The molecule has 2 heterocycles. The van der Waals surface area contributed by atoms with E-state index < -0.39 is 17.9 Å². The molecule has 1 amide bonds. The maximum absolute atomic E-state index is 13.1. The van der Waals surface area contributed by atoms with Crippen molar-refractivity contribution < 1.29 is 14.7 Å². The number of fused-ring (bicyclic) bond motifs is 2. The topological polar surface area (TPSA) is 119 Å². The van der Waals surface area contributed by atoms with Crippen LogP contribution in [0.2, 0.25) is 15.1 Å². The Bertz CT molecular complexity index is 1790. The van der Waals surface area contributed by atoms with Gasteiger partial charge in [-0.1, -0.05) is 59.1 Å². The second-order valence-corrected chi connectivity index (χ2v) is 9.73. The quantitative estimate of drug-likeness (QED) is 0.214. The lowest BCUT2D eigenvalue weighted by Gasteiger charge is -2.18. The van der Waals surface area contributed by atoms with E-state index in [4.69, 9.17) is 40.1 Å². The molecule has 1 atom stereocenters. The minimum Gasteiger partial charge on any atom is -0.480 e. The van der Waals surface area contributed by atoms with Gasteiger partial charge in [0.15, 0.2) is 0 Å². The minimum atomic E-state index is -1.27. The predicted octanol–water partition coefficient (Wildman–Crippen LogP) is 6.64. The number of H-pyrrole nitrogens is 1. The van der Waals surface area contributed by atoms with Gasteiger partial charge in [0.25, 0.3) is 5.91 Å². The van der Waals surface area contributed by atoms with Gasteiger partial charge < -0.3 is 15.4 Å². The van der Waals surface area contributed by atoms with Crippen molar-refractivity contribution in [3.63, 3.8) is 0 Å². The third kappa shape index (κ3) is 4.66. The summed E-state index contributed by atoms with van der Waals surface area (Å²) < 4.78 is 0. The number of benzene rings is 3. The van der Waals surface area contributed by atoms with Gasteiger partial charge in [0, 0.05) is 51.3 Å². The summed E-state index contributed by atoms with van der Waals surface area (Å²) in [6, 6.07) is 16.2. The van der Waals surface area contributed by atoms with Crippen LogP contribution < -0.4 is 5.32 Å². The van der Waals surface area contributed by atoms with Gasteiger partial charge in [-0.15, -0.1) is 0 Å². The van der Waals surface area contributed by atoms with Crippen LogP contribution in [0.1, 0.15) is 21.5 Å². The number of aromatic nitrogens is 2. The molecule has 0 aliphatic rings. The number of rotatable bonds is 6. The third-order valence-corrected chi connectivity index (χ3v) is 7.25. The Morgan fingerprint density at radius 1 is 1.03 bits per heavy atom. The van der Waals surface area contributed by atoms with Gasteiger partial charge >= 0.3 is 5.97 Å². The number of carboxylic acid groups (broad SMARTS) is 1. The maximum atomic E-state index is 13.1. The molecule has 0 saturated heterocycles. The summed E-state index contributed by atoms with van der Waals surface area (Å²) in [4.78, 5) is 32.8. The third-order valence-electron chi connectivity index (χ3n) is 6.25. The number of nitrogens with zero attached hydrogens (tertiary/aromatic N) is 2. The predicted molar refractivity (Wildman–Crippen MR) is 148 cm³/mol. The highest BCUT2D eigenvalue weighted by Gasteiger charge is 2.26. The number of carbonyl (C=O) groups is 2. The summed E-state index contributed by atoms with van der Waals surface area (Å²) in [5.74, 6) is -1.91. The molecule has 7 nitrogen and oxygen atoms in total. The summed E-state index contributed by atoms with van der Waals surface area (Å²) in [6.45, 7) is 0. The normalized spacial score (nSPS) is 11.8. The van der Waals surface area contributed by atoms with Crippen LogP contribution in [0.3, 0.4) is 0 Å². The second-order valence-electron chi connectivity index (χ2n) is 8.53. The van der Waals surface area contributed by atoms with Gasteiger partial charge in [0.1, 0.15) is 6.04 Å². The number of carboxylic acids is 1. The molecule has 0 unspecified atom stereocenters. The van der Waals surface area contributed by atoms with Crippen molar-refractivity contribution in [1.29, 1.82) is 5.26 Å². The zero-order valence-electron chi connectivity index (χ0n) is 19.4. The lowest BCUT2D eigenvalue weighted by molar-refractivity contribution is -0.139. The summed E-state index contributed by atoms with van der Waals surface area (Å²) >= 11 is 19.2. The number of halogens is 3. The molecular weight excluding hydrogens is 547 g/mol. The molecule has 188 valence electrons. The molecule has 5 aromatic rings. The molecule has 38 heavy (non-hydrogen) atoms. The van der Waals surface area contributed by atoms with Gasteiger partial charge in [-0.3, -0.25) is 9.78 Å². The number of nitriles is 1. The van der Waals surface area contributed by atoms with Crippen molar-refractivity contribution in [1.82, 2.24) is 15.3 Å². The molecule has 3 N–H and O–H groups in total. The van der Waals surface area contributed by atoms with Gasteiger partial charge in [-0.05, 0) is 35.9 Å². The van der Waals surface area contributed by atoms with E-state index in [1.807, 2.05) is 6.07 Å². The molecular formula is C28H17Cl3N4O3. The van der Waals surface area contributed by atoms with Gasteiger partial charge in [-0.2, -0.15) is 5.26 Å². The Balaban J connectivity index is 1.50. The van der Waals surface area contributed by atoms with Gasteiger partial charge in [0.05, 0.1) is 32.8 Å². The summed E-state index contributed by atoms with van der Waals surface area (Å²) in [7, 11) is 0. The molecule has 0 radical (unpaired) electrons. The Morgan fingerprint density at radius 3 is 2.55 bits per heavy atom. The number of aromatic amines is 1. The average Bonchev–Trinajstić information content (AvgIpc) is 3.37. The summed E-state index contributed by atoms with van der Waals surface area (Å²) in [5.41, 5.74) is 3.78. The first-order valence-corrected chi connectivity index (χ1v) is 12.5. The van der Waals surface area contributed by atoms with E-state index in [-0.39, 0.29) is 22.0 Å². The van der Waals surface area contributed by atoms with Crippen molar-refractivity contribution in [2.75, 3.05) is 0 Å². The molecule has 0 spiro atoms. The van der Waals surface area contributed by atoms with Crippen LogP contribution in [0.5, 0.6) is 0 Å². The molecule has 0 fully saturated rings. The second kappa shape index (κ2) is 10.3. The van der Waals surface area contributed by atoms with E-state index in [1.54, 1.807) is 60.9 Å². The van der Waals surface area contributed by atoms with E-state index in [2.05, 4.69) is 21.4 Å². The molecule has 5 rings (SSSR count). The lowest BCUT2D eigenvalue weighted by Crippen LogP contribution is -2.42. The average molecular weight is 564 g/mol. The summed E-state index contributed by atoms with van der Waals surface area (Å²) in [5, 5.41) is 23.6. The van der Waals surface area contributed by atoms with E-state index in [0.717, 1.165) is 5.56 Å². The van der Waals surface area contributed by atoms with Crippen LogP contribution in [0.4, 0.5) is 0 Å². The van der Waals surface area contributed by atoms with Crippen LogP contribution >= 0.6 is 34.8 Å². The number of amides is 1. The fourth-order valence-corrected chi connectivity index (χ4v) is 5.39. The van der Waals surface area contributed by atoms with Crippen molar-refractivity contribution in [2.45, 2.75) is 12.5 Å². The standard InChI is InChI=1S/C28H17Cl3N4O3/c29-20-10-14(13-32)3-5-17(20)18-6-4-15(16-2-1-8-34-26(16)18)11-23(28(37)38)35-27(36)24-21(30)12-22-19(25(24)31)7-9-33-22/h1-10,12,23,33H,11H2,(H,35,36)(H,37,38)/t23-/m0/s1. The van der Waals surface area contributed by atoms with Gasteiger partial charge in [0.2, 0.25) is 0 Å². The van der Waals surface area contributed by atoms with Crippen molar-refractivity contribution in [3.8, 4) is 17.2 Å². The first-order chi connectivity index (χ1) is 18.3. The Labute approximate surface area is 231 Å². The van der Waals surface area contributed by atoms with Crippen molar-refractivity contribution >= 4 is 68.5 Å². The molecule has 0 saturated carbocycles. The molecule has 0 bridgehead atoms. The highest BCUT2D eigenvalue weighted by atomic mass is 35.5. The first kappa shape index (κ1) is 25.6. The fraction of sp³-hybridized carbons (Fsp3) is 0.0714.